The van der Waals surface area contributed by atoms with E-state index >= 15 is 0 Å². The normalized spacial score (nSPS) is 17.4. The first-order valence-corrected chi connectivity index (χ1v) is 9.59. The molecule has 1 fully saturated rings. The molecule has 2 unspecified atom stereocenters. The lowest BCUT2D eigenvalue weighted by molar-refractivity contribution is -0.134. The molecule has 0 bridgehead atoms. The molecular weight excluding hydrogens is 411 g/mol. The Hall–Kier alpha value is -2.78. The number of amides is 1. The van der Waals surface area contributed by atoms with Crippen molar-refractivity contribution in [3.05, 3.63) is 53.9 Å². The fourth-order valence-electron chi connectivity index (χ4n) is 3.70. The maximum absolute atomic E-state index is 13.1. The topological polar surface area (TPSA) is 89.1 Å². The predicted molar refractivity (Wildman–Crippen MR) is 111 cm³/mol. The van der Waals surface area contributed by atoms with Crippen molar-refractivity contribution in [3.63, 3.8) is 0 Å². The third kappa shape index (κ3) is 4.52. The van der Waals surface area contributed by atoms with Crippen molar-refractivity contribution in [2.45, 2.75) is 24.8 Å². The molecular formula is C20H24ClFN6O2. The number of aryl methyl sites for hydroxylation is 1. The maximum Gasteiger partial charge on any atom is 0.244 e. The van der Waals surface area contributed by atoms with Crippen LogP contribution in [-0.2, 0) is 11.8 Å². The van der Waals surface area contributed by atoms with Crippen LogP contribution in [0.2, 0.25) is 0 Å². The summed E-state index contributed by atoms with van der Waals surface area (Å²) in [7, 11) is 3.59. The van der Waals surface area contributed by atoms with Crippen molar-refractivity contribution in [2.24, 2.45) is 7.05 Å². The van der Waals surface area contributed by atoms with E-state index in [4.69, 9.17) is 4.52 Å². The molecule has 1 amide bonds. The second-order valence-corrected chi connectivity index (χ2v) is 7.26. The lowest BCUT2D eigenvalue weighted by Crippen LogP contribution is -2.44. The van der Waals surface area contributed by atoms with Crippen LogP contribution < -0.4 is 5.32 Å². The number of aromatic nitrogens is 4. The van der Waals surface area contributed by atoms with Crippen LogP contribution in [-0.4, -0.2) is 50.9 Å². The zero-order chi connectivity index (χ0) is 20.4. The molecule has 0 aliphatic carbocycles. The van der Waals surface area contributed by atoms with E-state index in [1.54, 1.807) is 30.1 Å². The molecule has 1 aromatic carbocycles. The van der Waals surface area contributed by atoms with Gasteiger partial charge in [0.05, 0.1) is 12.1 Å². The quantitative estimate of drug-likeness (QED) is 0.664. The summed E-state index contributed by atoms with van der Waals surface area (Å²) < 4.78 is 20.3. The van der Waals surface area contributed by atoms with E-state index in [0.29, 0.717) is 30.4 Å². The number of piperidine rings is 1. The van der Waals surface area contributed by atoms with Gasteiger partial charge in [-0.05, 0) is 44.2 Å². The summed E-state index contributed by atoms with van der Waals surface area (Å²) in [6.07, 6.45) is 5.26. The van der Waals surface area contributed by atoms with Gasteiger partial charge in [-0.15, -0.1) is 12.4 Å². The predicted octanol–water partition coefficient (Wildman–Crippen LogP) is 2.70. The monoisotopic (exact) mass is 434 g/mol. The van der Waals surface area contributed by atoms with Crippen molar-refractivity contribution in [1.82, 2.24) is 30.1 Å². The zero-order valence-electron chi connectivity index (χ0n) is 16.8. The average molecular weight is 435 g/mol. The Morgan fingerprint density at radius 2 is 2.10 bits per heavy atom. The third-order valence-corrected chi connectivity index (χ3v) is 5.22. The minimum absolute atomic E-state index is 0. The number of hydrogen-bond acceptors (Lipinski definition) is 6. The number of nitrogens with one attached hydrogen (secondary N) is 1. The molecule has 3 heterocycles. The van der Waals surface area contributed by atoms with E-state index < -0.39 is 6.04 Å². The molecule has 2 aromatic heterocycles. The Labute approximate surface area is 179 Å². The number of likely N-dealkylation sites (N-methyl/N-ethyl adjacent to an activating group) is 1. The number of rotatable bonds is 5. The van der Waals surface area contributed by atoms with Gasteiger partial charge in [-0.3, -0.25) is 9.48 Å². The fourth-order valence-corrected chi connectivity index (χ4v) is 3.70. The largest absolute Gasteiger partial charge is 0.340 e. The molecule has 160 valence electrons. The summed E-state index contributed by atoms with van der Waals surface area (Å²) in [4.78, 5) is 19.4. The molecule has 0 radical (unpaired) electrons. The molecule has 8 nitrogen and oxygen atoms in total. The van der Waals surface area contributed by atoms with Gasteiger partial charge in [0.15, 0.2) is 0 Å². The van der Waals surface area contributed by atoms with Crippen LogP contribution in [0.4, 0.5) is 4.39 Å². The van der Waals surface area contributed by atoms with Gasteiger partial charge in [-0.25, -0.2) is 4.39 Å². The molecule has 10 heteroatoms. The Kier molecular flexibility index (Phi) is 6.84. The van der Waals surface area contributed by atoms with Gasteiger partial charge < -0.3 is 14.7 Å². The van der Waals surface area contributed by atoms with Gasteiger partial charge in [0, 0.05) is 37.5 Å². The van der Waals surface area contributed by atoms with Gasteiger partial charge in [0.2, 0.25) is 17.6 Å². The minimum atomic E-state index is -0.445. The summed E-state index contributed by atoms with van der Waals surface area (Å²) >= 11 is 0. The van der Waals surface area contributed by atoms with Gasteiger partial charge in [0.1, 0.15) is 11.9 Å². The first-order chi connectivity index (χ1) is 14.0. The summed E-state index contributed by atoms with van der Waals surface area (Å²) in [5, 5.41) is 11.3. The molecule has 1 aliphatic rings. The second kappa shape index (κ2) is 9.36. The van der Waals surface area contributed by atoms with Gasteiger partial charge in [-0.1, -0.05) is 5.16 Å². The average Bonchev–Trinajstić information content (AvgIpc) is 3.39. The number of carbonyl (C=O) groups is 1. The molecule has 1 saturated heterocycles. The van der Waals surface area contributed by atoms with Crippen LogP contribution in [0, 0.1) is 5.82 Å². The lowest BCUT2D eigenvalue weighted by Gasteiger charge is -2.33. The number of nitrogens with zero attached hydrogens (tertiary/aromatic N) is 5. The number of hydrogen-bond donors (Lipinski definition) is 1. The number of benzene rings is 1. The van der Waals surface area contributed by atoms with Crippen LogP contribution in [0.25, 0.3) is 11.4 Å². The minimum Gasteiger partial charge on any atom is -0.340 e. The first-order valence-electron chi connectivity index (χ1n) is 9.59. The smallest absolute Gasteiger partial charge is 0.244 e. The fraction of sp³-hybridized carbons (Fsp3) is 0.400. The van der Waals surface area contributed by atoms with Gasteiger partial charge in [0.25, 0.3) is 0 Å². The summed E-state index contributed by atoms with van der Waals surface area (Å²) in [6.45, 7) is 1.20. The Morgan fingerprint density at radius 1 is 1.33 bits per heavy atom. The van der Waals surface area contributed by atoms with E-state index in [2.05, 4.69) is 20.6 Å². The highest BCUT2D eigenvalue weighted by Gasteiger charge is 2.32. The molecule has 4 rings (SSSR count). The number of carbonyl (C=O) groups excluding carboxylic acids is 1. The lowest BCUT2D eigenvalue weighted by atomic mass is 9.96. The summed E-state index contributed by atoms with van der Waals surface area (Å²) in [5.74, 6) is 0.590. The standard InChI is InChI=1S/C20H23FN6O2.ClH/c1-22-17(15-10-23-26(2)11-15)20(28)27-9-3-4-14(12-27)19-24-18(25-29-19)13-5-7-16(21)8-6-13;/h5-8,10-11,14,17,22H,3-4,9,12H2,1-2H3;1H. The number of likely N-dealkylation sites (tertiary alicyclic amines) is 1. The van der Waals surface area contributed by atoms with Crippen molar-refractivity contribution in [2.75, 3.05) is 20.1 Å². The highest BCUT2D eigenvalue weighted by atomic mass is 35.5. The van der Waals surface area contributed by atoms with E-state index in [-0.39, 0.29) is 30.0 Å². The van der Waals surface area contributed by atoms with Crippen molar-refractivity contribution in [1.29, 1.82) is 0 Å². The third-order valence-electron chi connectivity index (χ3n) is 5.22. The zero-order valence-corrected chi connectivity index (χ0v) is 17.6. The van der Waals surface area contributed by atoms with Crippen molar-refractivity contribution in [3.8, 4) is 11.4 Å². The summed E-state index contributed by atoms with van der Waals surface area (Å²) in [5.41, 5.74) is 1.52. The second-order valence-electron chi connectivity index (χ2n) is 7.26. The van der Waals surface area contributed by atoms with Crippen molar-refractivity contribution >= 4 is 18.3 Å². The highest BCUT2D eigenvalue weighted by molar-refractivity contribution is 5.85. The Balaban J connectivity index is 0.00000256. The molecule has 3 aromatic rings. The highest BCUT2D eigenvalue weighted by Crippen LogP contribution is 2.29. The van der Waals surface area contributed by atoms with Crippen LogP contribution in [0.15, 0.2) is 41.2 Å². The first kappa shape index (κ1) is 21.9. The van der Waals surface area contributed by atoms with E-state index in [0.717, 1.165) is 18.4 Å². The molecule has 1 aliphatic heterocycles. The summed E-state index contributed by atoms with van der Waals surface area (Å²) in [6, 6.07) is 5.52. The van der Waals surface area contributed by atoms with E-state index in [9.17, 15) is 9.18 Å². The van der Waals surface area contributed by atoms with Gasteiger partial charge in [-0.2, -0.15) is 10.1 Å². The molecule has 2 atom stereocenters. The van der Waals surface area contributed by atoms with Crippen LogP contribution >= 0.6 is 12.4 Å². The molecule has 1 N–H and O–H groups in total. The number of halogens is 2. The SMILES string of the molecule is CNC(C(=O)N1CCCC(c2nc(-c3ccc(F)cc3)no2)C1)c1cnn(C)c1.Cl. The van der Waals surface area contributed by atoms with Crippen LogP contribution in [0.3, 0.4) is 0 Å². The van der Waals surface area contributed by atoms with Crippen molar-refractivity contribution < 1.29 is 13.7 Å². The Morgan fingerprint density at radius 3 is 2.77 bits per heavy atom. The van der Waals surface area contributed by atoms with Crippen LogP contribution in [0.1, 0.15) is 36.3 Å². The molecule has 30 heavy (non-hydrogen) atoms. The van der Waals surface area contributed by atoms with Crippen LogP contribution in [0.5, 0.6) is 0 Å². The van der Waals surface area contributed by atoms with Gasteiger partial charge >= 0.3 is 0 Å². The Bertz CT molecular complexity index is 989. The molecule has 0 spiro atoms. The van der Waals surface area contributed by atoms with E-state index in [1.165, 1.54) is 12.1 Å². The molecule has 0 saturated carbocycles. The maximum atomic E-state index is 13.1. The van der Waals surface area contributed by atoms with E-state index in [1.807, 2.05) is 18.1 Å².